The summed E-state index contributed by atoms with van der Waals surface area (Å²) in [5, 5.41) is 0. The molecule has 0 spiro atoms. The number of carbonyl (C=O) groups excluding carboxylic acids is 1. The van der Waals surface area contributed by atoms with Gasteiger partial charge in [0.05, 0.1) is 13.0 Å². The summed E-state index contributed by atoms with van der Waals surface area (Å²) in [7, 11) is 1.45. The number of hydrogen-bond acceptors (Lipinski definition) is 5. The molecule has 2 atom stereocenters. The van der Waals surface area contributed by atoms with Crippen molar-refractivity contribution >= 4 is 11.9 Å². The molecule has 23 heavy (non-hydrogen) atoms. The van der Waals surface area contributed by atoms with E-state index in [4.69, 9.17) is 4.74 Å². The van der Waals surface area contributed by atoms with E-state index in [-0.39, 0.29) is 17.8 Å². The van der Waals surface area contributed by atoms with Crippen LogP contribution in [0.4, 0.5) is 5.95 Å². The number of piperidine rings is 1. The number of hydrogen-bond donors (Lipinski definition) is 0. The van der Waals surface area contributed by atoms with E-state index in [1.165, 1.54) is 12.7 Å². The van der Waals surface area contributed by atoms with Crippen molar-refractivity contribution in [2.24, 2.45) is 5.92 Å². The van der Waals surface area contributed by atoms with Gasteiger partial charge >= 0.3 is 5.97 Å². The van der Waals surface area contributed by atoms with E-state index < -0.39 is 0 Å². The van der Waals surface area contributed by atoms with Crippen LogP contribution in [0.1, 0.15) is 23.5 Å². The van der Waals surface area contributed by atoms with Crippen molar-refractivity contribution in [1.29, 1.82) is 0 Å². The number of nitrogens with zero attached hydrogens (tertiary/aromatic N) is 3. The molecule has 1 fully saturated rings. The highest BCUT2D eigenvalue weighted by Crippen LogP contribution is 2.32. The highest BCUT2D eigenvalue weighted by molar-refractivity contribution is 5.73. The van der Waals surface area contributed by atoms with Crippen LogP contribution in [-0.4, -0.2) is 36.1 Å². The highest BCUT2D eigenvalue weighted by atomic mass is 16.5. The van der Waals surface area contributed by atoms with Crippen molar-refractivity contribution in [3.05, 3.63) is 53.9 Å². The summed E-state index contributed by atoms with van der Waals surface area (Å²) in [6, 6.07) is 10.3. The summed E-state index contributed by atoms with van der Waals surface area (Å²) >= 11 is 0. The molecule has 0 saturated carbocycles. The number of esters is 1. The summed E-state index contributed by atoms with van der Waals surface area (Å²) in [6.07, 6.45) is 4.41. The van der Waals surface area contributed by atoms with E-state index in [2.05, 4.69) is 27.0 Å². The van der Waals surface area contributed by atoms with Gasteiger partial charge in [-0.15, -0.1) is 0 Å². The van der Waals surface area contributed by atoms with E-state index in [1.807, 2.05) is 37.5 Å². The van der Waals surface area contributed by atoms with Crippen LogP contribution in [-0.2, 0) is 9.53 Å². The maximum absolute atomic E-state index is 12.1. The Hall–Kier alpha value is -2.43. The second-order valence-electron chi connectivity index (χ2n) is 6.03. The predicted molar refractivity (Wildman–Crippen MR) is 88.3 cm³/mol. The predicted octanol–water partition coefficient (Wildman–Crippen LogP) is 2.57. The lowest BCUT2D eigenvalue weighted by molar-refractivity contribution is -0.145. The van der Waals surface area contributed by atoms with E-state index in [9.17, 15) is 4.79 Å². The van der Waals surface area contributed by atoms with Crippen LogP contribution in [0, 0.1) is 12.8 Å². The Labute approximate surface area is 136 Å². The van der Waals surface area contributed by atoms with Crippen LogP contribution in [0.25, 0.3) is 0 Å². The molecular weight excluding hydrogens is 290 g/mol. The topological polar surface area (TPSA) is 55.3 Å². The SMILES string of the molecule is COC(=O)C1CC(c2ccccc2)CN(c2ncc(C)cn2)C1. The largest absolute Gasteiger partial charge is 0.469 e. The maximum Gasteiger partial charge on any atom is 0.310 e. The zero-order chi connectivity index (χ0) is 16.2. The molecule has 1 aliphatic heterocycles. The van der Waals surface area contributed by atoms with Gasteiger partial charge in [0.2, 0.25) is 5.95 Å². The molecule has 0 bridgehead atoms. The first-order valence-electron chi connectivity index (χ1n) is 7.83. The van der Waals surface area contributed by atoms with Crippen molar-refractivity contribution in [2.75, 3.05) is 25.1 Å². The first-order valence-corrected chi connectivity index (χ1v) is 7.83. The Balaban J connectivity index is 1.87. The fraction of sp³-hybridized carbons (Fsp3) is 0.389. The van der Waals surface area contributed by atoms with Gasteiger partial charge in [0.15, 0.2) is 0 Å². The summed E-state index contributed by atoms with van der Waals surface area (Å²) in [6.45, 7) is 3.36. The Kier molecular flexibility index (Phi) is 4.55. The average Bonchev–Trinajstić information content (AvgIpc) is 2.62. The molecule has 1 aliphatic rings. The van der Waals surface area contributed by atoms with Crippen molar-refractivity contribution in [2.45, 2.75) is 19.3 Å². The lowest BCUT2D eigenvalue weighted by atomic mass is 9.84. The molecule has 1 aromatic carbocycles. The van der Waals surface area contributed by atoms with Gasteiger partial charge < -0.3 is 9.64 Å². The number of ether oxygens (including phenoxy) is 1. The van der Waals surface area contributed by atoms with Gasteiger partial charge in [-0.1, -0.05) is 30.3 Å². The number of carbonyl (C=O) groups is 1. The third kappa shape index (κ3) is 3.50. The number of rotatable bonds is 3. The number of aromatic nitrogens is 2. The van der Waals surface area contributed by atoms with Gasteiger partial charge in [0.25, 0.3) is 0 Å². The Morgan fingerprint density at radius 2 is 1.87 bits per heavy atom. The number of benzene rings is 1. The summed E-state index contributed by atoms with van der Waals surface area (Å²) < 4.78 is 4.97. The summed E-state index contributed by atoms with van der Waals surface area (Å²) in [5.41, 5.74) is 2.26. The Bertz CT molecular complexity index is 658. The van der Waals surface area contributed by atoms with Gasteiger partial charge in [-0.05, 0) is 24.5 Å². The van der Waals surface area contributed by atoms with E-state index in [1.54, 1.807) is 0 Å². The van der Waals surface area contributed by atoms with Crippen molar-refractivity contribution in [1.82, 2.24) is 9.97 Å². The van der Waals surface area contributed by atoms with Gasteiger partial charge in [0, 0.05) is 31.4 Å². The normalized spacial score (nSPS) is 21.0. The quantitative estimate of drug-likeness (QED) is 0.816. The Morgan fingerprint density at radius 3 is 2.52 bits per heavy atom. The minimum Gasteiger partial charge on any atom is -0.469 e. The molecule has 3 rings (SSSR count). The molecule has 1 aromatic heterocycles. The van der Waals surface area contributed by atoms with Crippen LogP contribution in [0.15, 0.2) is 42.7 Å². The van der Waals surface area contributed by atoms with E-state index in [0.717, 1.165) is 18.5 Å². The zero-order valence-corrected chi connectivity index (χ0v) is 13.5. The first-order chi connectivity index (χ1) is 11.2. The number of methoxy groups -OCH3 is 1. The van der Waals surface area contributed by atoms with Crippen LogP contribution in [0.3, 0.4) is 0 Å². The summed E-state index contributed by atoms with van der Waals surface area (Å²) in [5.74, 6) is 0.607. The van der Waals surface area contributed by atoms with Crippen molar-refractivity contribution in [3.63, 3.8) is 0 Å². The summed E-state index contributed by atoms with van der Waals surface area (Å²) in [4.78, 5) is 23.0. The molecule has 120 valence electrons. The third-order valence-corrected chi connectivity index (χ3v) is 4.31. The van der Waals surface area contributed by atoms with Crippen LogP contribution >= 0.6 is 0 Å². The average molecular weight is 311 g/mol. The maximum atomic E-state index is 12.1. The van der Waals surface area contributed by atoms with Crippen molar-refractivity contribution in [3.8, 4) is 0 Å². The van der Waals surface area contributed by atoms with Crippen LogP contribution in [0.2, 0.25) is 0 Å². The van der Waals surface area contributed by atoms with E-state index >= 15 is 0 Å². The lowest BCUT2D eigenvalue weighted by Gasteiger charge is -2.36. The molecule has 2 heterocycles. The minimum atomic E-state index is -0.164. The molecule has 0 radical (unpaired) electrons. The molecule has 5 heteroatoms. The van der Waals surface area contributed by atoms with Gasteiger partial charge in [-0.3, -0.25) is 4.79 Å². The number of aryl methyl sites for hydroxylation is 1. The fourth-order valence-corrected chi connectivity index (χ4v) is 3.12. The van der Waals surface area contributed by atoms with Crippen LogP contribution in [0.5, 0.6) is 0 Å². The molecule has 1 saturated heterocycles. The lowest BCUT2D eigenvalue weighted by Crippen LogP contribution is -2.43. The van der Waals surface area contributed by atoms with Gasteiger partial charge in [-0.25, -0.2) is 9.97 Å². The van der Waals surface area contributed by atoms with Crippen LogP contribution < -0.4 is 4.90 Å². The van der Waals surface area contributed by atoms with Gasteiger partial charge in [-0.2, -0.15) is 0 Å². The molecule has 0 aliphatic carbocycles. The second-order valence-corrected chi connectivity index (χ2v) is 6.03. The van der Waals surface area contributed by atoms with E-state index in [0.29, 0.717) is 12.5 Å². The monoisotopic (exact) mass is 311 g/mol. The molecule has 0 N–H and O–H groups in total. The molecule has 2 unspecified atom stereocenters. The zero-order valence-electron chi connectivity index (χ0n) is 13.5. The van der Waals surface area contributed by atoms with Crippen molar-refractivity contribution < 1.29 is 9.53 Å². The molecular formula is C18H21N3O2. The molecule has 2 aromatic rings. The second kappa shape index (κ2) is 6.77. The standard InChI is InChI=1S/C18H21N3O2/c1-13-9-19-18(20-10-13)21-11-15(14-6-4-3-5-7-14)8-16(12-21)17(22)23-2/h3-7,9-10,15-16H,8,11-12H2,1-2H3. The minimum absolute atomic E-state index is 0.163. The highest BCUT2D eigenvalue weighted by Gasteiger charge is 2.34. The fourth-order valence-electron chi connectivity index (χ4n) is 3.12. The first kappa shape index (κ1) is 15.5. The molecule has 5 nitrogen and oxygen atoms in total. The third-order valence-electron chi connectivity index (χ3n) is 4.31. The Morgan fingerprint density at radius 1 is 1.17 bits per heavy atom. The van der Waals surface area contributed by atoms with Gasteiger partial charge in [0.1, 0.15) is 0 Å². The smallest absolute Gasteiger partial charge is 0.310 e. The number of anilines is 1. The molecule has 0 amide bonds.